The van der Waals surface area contributed by atoms with Crippen LogP contribution in [0.25, 0.3) is 11.4 Å². The normalized spacial score (nSPS) is 23.0. The maximum atomic E-state index is 14.1. The predicted molar refractivity (Wildman–Crippen MR) is 89.7 cm³/mol. The predicted octanol–water partition coefficient (Wildman–Crippen LogP) is -0.0942. The Hall–Kier alpha value is -2.10. The first-order chi connectivity index (χ1) is 11.9. The van der Waals surface area contributed by atoms with E-state index in [9.17, 15) is 14.3 Å². The Bertz CT molecular complexity index is 850. The fourth-order valence-corrected chi connectivity index (χ4v) is 3.40. The number of methoxy groups -OCH3 is 1. The van der Waals surface area contributed by atoms with E-state index in [2.05, 4.69) is 5.10 Å². The number of aliphatic hydroxyl groups excluding tert-OH is 1. The summed E-state index contributed by atoms with van der Waals surface area (Å²) in [6.45, 7) is 0.686. The van der Waals surface area contributed by atoms with Crippen LogP contribution in [0.1, 0.15) is 6.42 Å². The maximum absolute atomic E-state index is 14.1. The molecule has 2 heterocycles. The van der Waals surface area contributed by atoms with Gasteiger partial charge >= 0.3 is 5.97 Å². The van der Waals surface area contributed by atoms with Crippen molar-refractivity contribution in [3.63, 3.8) is 0 Å². The van der Waals surface area contributed by atoms with E-state index < -0.39 is 12.1 Å². The zero-order valence-corrected chi connectivity index (χ0v) is 14.8. The number of aromatic nitrogens is 3. The summed E-state index contributed by atoms with van der Waals surface area (Å²) >= 11 is 5.40. The van der Waals surface area contributed by atoms with Gasteiger partial charge in [0.1, 0.15) is 18.5 Å². The molecule has 1 aliphatic rings. The van der Waals surface area contributed by atoms with Gasteiger partial charge in [-0.2, -0.15) is 4.68 Å². The van der Waals surface area contributed by atoms with Gasteiger partial charge in [-0.25, -0.2) is 9.18 Å². The molecule has 3 rings (SSSR count). The quantitative estimate of drug-likeness (QED) is 0.584. The number of rotatable bonds is 4. The lowest BCUT2D eigenvalue weighted by atomic mass is 10.2. The fraction of sp³-hybridized carbons (Fsp3) is 0.438. The molecule has 0 amide bonds. The number of benzene rings is 1. The molecule has 1 saturated heterocycles. The number of nitrogens with zero attached hydrogens (tertiary/aromatic N) is 3. The van der Waals surface area contributed by atoms with Crippen LogP contribution >= 0.6 is 12.2 Å². The third kappa shape index (κ3) is 3.35. The largest absolute Gasteiger partial charge is 0.465 e. The van der Waals surface area contributed by atoms with Gasteiger partial charge in [-0.1, -0.05) is 12.1 Å². The molecule has 0 spiro atoms. The molecule has 1 fully saturated rings. The van der Waals surface area contributed by atoms with Crippen molar-refractivity contribution in [2.75, 3.05) is 13.7 Å². The Morgan fingerprint density at radius 3 is 2.92 bits per heavy atom. The van der Waals surface area contributed by atoms with Gasteiger partial charge in [0.15, 0.2) is 18.5 Å². The van der Waals surface area contributed by atoms with Crippen molar-refractivity contribution < 1.29 is 23.9 Å². The van der Waals surface area contributed by atoms with E-state index >= 15 is 0 Å². The number of carbonyl (C=O) groups is 1. The van der Waals surface area contributed by atoms with Crippen molar-refractivity contribution in [3.8, 4) is 11.4 Å². The summed E-state index contributed by atoms with van der Waals surface area (Å²) in [7, 11) is 3.05. The minimum atomic E-state index is -0.581. The number of ether oxygens (including phenoxy) is 1. The van der Waals surface area contributed by atoms with Crippen LogP contribution in [0.3, 0.4) is 0 Å². The van der Waals surface area contributed by atoms with Crippen LogP contribution in [0.5, 0.6) is 0 Å². The van der Waals surface area contributed by atoms with Crippen molar-refractivity contribution in [1.82, 2.24) is 14.3 Å². The standard InChI is InChI=1S/C16H19FN4O3S/c1-19-14(11-5-3-4-6-12(11)17)18-21(16(19)25)9-20-8-10(22)7-13(20)15(23)24-2/h3-6,10,13,22H,7-9H2,1-2H3/p+1/t10-,13+/m1/s1. The SMILES string of the molecule is COC(=O)[C@@H]1C[C@@H](O)C[NH+]1Cn1nc(-c2ccccc2F)n(C)c1=S. The minimum Gasteiger partial charge on any atom is -0.465 e. The van der Waals surface area contributed by atoms with Crippen LogP contribution in [-0.4, -0.2) is 51.2 Å². The highest BCUT2D eigenvalue weighted by atomic mass is 32.1. The third-order valence-corrected chi connectivity index (χ3v) is 4.98. The molecule has 1 aromatic heterocycles. The Morgan fingerprint density at radius 2 is 2.24 bits per heavy atom. The molecule has 3 atom stereocenters. The number of aliphatic hydroxyl groups is 1. The van der Waals surface area contributed by atoms with Crippen molar-refractivity contribution >= 4 is 18.2 Å². The molecule has 0 saturated carbocycles. The summed E-state index contributed by atoms with van der Waals surface area (Å²) in [6, 6.07) is 5.88. The summed E-state index contributed by atoms with van der Waals surface area (Å²) in [5, 5.41) is 14.3. The highest BCUT2D eigenvalue weighted by molar-refractivity contribution is 7.71. The summed E-state index contributed by atoms with van der Waals surface area (Å²) in [6.07, 6.45) is -0.245. The Kier molecular flexibility index (Phi) is 4.98. The first-order valence-corrected chi connectivity index (χ1v) is 8.32. The molecule has 1 aliphatic heterocycles. The molecule has 1 aromatic carbocycles. The van der Waals surface area contributed by atoms with Crippen LogP contribution in [0.15, 0.2) is 24.3 Å². The number of nitrogens with one attached hydrogen (secondary N) is 1. The average Bonchev–Trinajstić information content (AvgIpc) is 3.09. The zero-order valence-electron chi connectivity index (χ0n) is 14.0. The fourth-order valence-electron chi connectivity index (χ4n) is 3.21. The van der Waals surface area contributed by atoms with E-state index in [0.717, 1.165) is 4.90 Å². The second-order valence-corrected chi connectivity index (χ2v) is 6.50. The molecular formula is C16H20FN4O3S+. The zero-order chi connectivity index (χ0) is 18.1. The number of carbonyl (C=O) groups excluding carboxylic acids is 1. The summed E-state index contributed by atoms with van der Waals surface area (Å²) in [4.78, 5) is 12.7. The lowest BCUT2D eigenvalue weighted by Crippen LogP contribution is -3.14. The number of esters is 1. The smallest absolute Gasteiger partial charge is 0.364 e. The van der Waals surface area contributed by atoms with Gasteiger partial charge in [0.05, 0.1) is 12.7 Å². The van der Waals surface area contributed by atoms with Crippen LogP contribution in [-0.2, 0) is 23.2 Å². The number of quaternary nitrogens is 1. The number of hydrogen-bond donors (Lipinski definition) is 2. The second kappa shape index (κ2) is 7.03. The van der Waals surface area contributed by atoms with Gasteiger partial charge in [0.2, 0.25) is 4.77 Å². The topological polar surface area (TPSA) is 73.7 Å². The Morgan fingerprint density at radius 1 is 1.52 bits per heavy atom. The lowest BCUT2D eigenvalue weighted by Gasteiger charge is -2.18. The Balaban J connectivity index is 1.92. The van der Waals surface area contributed by atoms with Gasteiger partial charge < -0.3 is 19.3 Å². The first-order valence-electron chi connectivity index (χ1n) is 7.91. The van der Waals surface area contributed by atoms with Crippen LogP contribution in [0, 0.1) is 10.6 Å². The number of likely N-dealkylation sites (tertiary alicyclic amines) is 1. The first kappa shape index (κ1) is 17.7. The van der Waals surface area contributed by atoms with E-state index in [1.54, 1.807) is 34.5 Å². The van der Waals surface area contributed by atoms with E-state index in [1.165, 1.54) is 13.2 Å². The van der Waals surface area contributed by atoms with Crippen molar-refractivity contribution in [3.05, 3.63) is 34.9 Å². The third-order valence-electron chi connectivity index (χ3n) is 4.49. The second-order valence-electron chi connectivity index (χ2n) is 6.13. The van der Waals surface area contributed by atoms with E-state index in [0.29, 0.717) is 29.1 Å². The summed E-state index contributed by atoms with van der Waals surface area (Å²) in [5.41, 5.74) is 0.357. The molecule has 9 heteroatoms. The lowest BCUT2D eigenvalue weighted by molar-refractivity contribution is -0.928. The molecule has 2 aromatic rings. The van der Waals surface area contributed by atoms with Gasteiger partial charge in [0, 0.05) is 13.5 Å². The molecule has 0 aliphatic carbocycles. The number of halogens is 1. The van der Waals surface area contributed by atoms with Gasteiger partial charge in [0.25, 0.3) is 0 Å². The highest BCUT2D eigenvalue weighted by Crippen LogP contribution is 2.20. The van der Waals surface area contributed by atoms with Gasteiger partial charge in [-0.15, -0.1) is 5.10 Å². The van der Waals surface area contributed by atoms with Crippen LogP contribution < -0.4 is 4.90 Å². The molecule has 0 radical (unpaired) electrons. The summed E-state index contributed by atoms with van der Waals surface area (Å²) in [5.74, 6) is -0.339. The minimum absolute atomic E-state index is 0.290. The maximum Gasteiger partial charge on any atom is 0.364 e. The van der Waals surface area contributed by atoms with Gasteiger partial charge in [-0.3, -0.25) is 0 Å². The molecular weight excluding hydrogens is 347 g/mol. The van der Waals surface area contributed by atoms with Crippen LogP contribution in [0.2, 0.25) is 0 Å². The van der Waals surface area contributed by atoms with Crippen LogP contribution in [0.4, 0.5) is 4.39 Å². The van der Waals surface area contributed by atoms with Crippen molar-refractivity contribution in [2.24, 2.45) is 7.05 Å². The Labute approximate surface area is 149 Å². The monoisotopic (exact) mass is 367 g/mol. The van der Waals surface area contributed by atoms with E-state index in [4.69, 9.17) is 17.0 Å². The van der Waals surface area contributed by atoms with E-state index in [1.807, 2.05) is 0 Å². The molecule has 134 valence electrons. The molecule has 2 N–H and O–H groups in total. The van der Waals surface area contributed by atoms with Gasteiger partial charge in [-0.05, 0) is 24.4 Å². The van der Waals surface area contributed by atoms with Crippen molar-refractivity contribution in [2.45, 2.75) is 25.2 Å². The van der Waals surface area contributed by atoms with E-state index in [-0.39, 0.29) is 18.5 Å². The number of hydrogen-bond acceptors (Lipinski definition) is 5. The highest BCUT2D eigenvalue weighted by Gasteiger charge is 2.41. The molecule has 0 bridgehead atoms. The molecule has 1 unspecified atom stereocenters. The molecule has 25 heavy (non-hydrogen) atoms. The molecule has 7 nitrogen and oxygen atoms in total. The summed E-state index contributed by atoms with van der Waals surface area (Å²) < 4.78 is 22.5. The average molecular weight is 367 g/mol. The van der Waals surface area contributed by atoms with Crippen molar-refractivity contribution in [1.29, 1.82) is 0 Å².